The number of aromatic amines is 1. The number of nitrogens with one attached hydrogen (secondary N) is 1. The summed E-state index contributed by atoms with van der Waals surface area (Å²) in [6.07, 6.45) is 2.07. The molecule has 1 aromatic carbocycles. The molecule has 5 heteroatoms. The summed E-state index contributed by atoms with van der Waals surface area (Å²) in [4.78, 5) is 14.1. The lowest BCUT2D eigenvalue weighted by molar-refractivity contribution is -0.132. The van der Waals surface area contributed by atoms with Crippen molar-refractivity contribution in [3.05, 3.63) is 53.1 Å². The van der Waals surface area contributed by atoms with E-state index in [2.05, 4.69) is 10.2 Å². The van der Waals surface area contributed by atoms with Crippen molar-refractivity contribution in [3.63, 3.8) is 0 Å². The first-order valence-electron chi connectivity index (χ1n) is 6.68. The Morgan fingerprint density at radius 1 is 1.45 bits per heavy atom. The fraction of sp³-hybridized carbons (Fsp3) is 0.333. The summed E-state index contributed by atoms with van der Waals surface area (Å²) < 4.78 is 13.7. The van der Waals surface area contributed by atoms with Gasteiger partial charge in [0.15, 0.2) is 0 Å². The van der Waals surface area contributed by atoms with Crippen LogP contribution in [0.25, 0.3) is 0 Å². The highest BCUT2D eigenvalue weighted by Gasteiger charge is 2.26. The summed E-state index contributed by atoms with van der Waals surface area (Å²) in [6.45, 7) is 3.04. The summed E-state index contributed by atoms with van der Waals surface area (Å²) in [6, 6.07) is 6.63. The van der Waals surface area contributed by atoms with Crippen molar-refractivity contribution in [2.24, 2.45) is 0 Å². The van der Waals surface area contributed by atoms with Crippen LogP contribution < -0.4 is 0 Å². The number of carbonyl (C=O) groups excluding carboxylic acids is 1. The highest BCUT2D eigenvalue weighted by Crippen LogP contribution is 2.26. The van der Waals surface area contributed by atoms with E-state index in [4.69, 9.17) is 0 Å². The standard InChI is InChI=1S/C15H16FN3O/c1-10(12-4-2-3-5-13(12)16)6-15(20)19-8-11-7-17-18-14(11)9-19/h2-5,7,10H,6,8-9H2,1H3,(H,17,18). The van der Waals surface area contributed by atoms with Gasteiger partial charge in [-0.1, -0.05) is 25.1 Å². The summed E-state index contributed by atoms with van der Waals surface area (Å²) in [7, 11) is 0. The maximum absolute atomic E-state index is 13.7. The van der Waals surface area contributed by atoms with Crippen LogP contribution in [-0.4, -0.2) is 21.0 Å². The number of amides is 1. The molecule has 1 N–H and O–H groups in total. The molecule has 1 amide bonds. The van der Waals surface area contributed by atoms with Crippen molar-refractivity contribution in [1.29, 1.82) is 0 Å². The molecule has 1 aliphatic rings. The van der Waals surface area contributed by atoms with Crippen LogP contribution in [0.3, 0.4) is 0 Å². The summed E-state index contributed by atoms with van der Waals surface area (Å²) >= 11 is 0. The van der Waals surface area contributed by atoms with Crippen LogP contribution in [0.1, 0.15) is 36.1 Å². The highest BCUT2D eigenvalue weighted by molar-refractivity contribution is 5.77. The fourth-order valence-corrected chi connectivity index (χ4v) is 2.62. The number of carbonyl (C=O) groups is 1. The second-order valence-corrected chi connectivity index (χ2v) is 5.25. The molecule has 104 valence electrons. The maximum Gasteiger partial charge on any atom is 0.223 e. The molecule has 1 atom stereocenters. The smallest absolute Gasteiger partial charge is 0.223 e. The first kappa shape index (κ1) is 12.8. The molecule has 20 heavy (non-hydrogen) atoms. The normalized spacial score (nSPS) is 15.2. The minimum atomic E-state index is -0.247. The summed E-state index contributed by atoms with van der Waals surface area (Å²) in [5, 5.41) is 6.84. The van der Waals surface area contributed by atoms with E-state index in [0.717, 1.165) is 11.3 Å². The summed E-state index contributed by atoms with van der Waals surface area (Å²) in [5.74, 6) is -0.324. The Bertz CT molecular complexity index is 617. The number of fused-ring (bicyclic) bond motifs is 1. The van der Waals surface area contributed by atoms with Crippen molar-refractivity contribution >= 4 is 5.91 Å². The van der Waals surface area contributed by atoms with Gasteiger partial charge >= 0.3 is 0 Å². The molecule has 1 unspecified atom stereocenters. The molecule has 2 aromatic rings. The molecule has 0 spiro atoms. The van der Waals surface area contributed by atoms with E-state index < -0.39 is 0 Å². The first-order valence-corrected chi connectivity index (χ1v) is 6.68. The van der Waals surface area contributed by atoms with Gasteiger partial charge in [-0.05, 0) is 17.5 Å². The minimum absolute atomic E-state index is 0.0466. The third-order valence-corrected chi connectivity index (χ3v) is 3.79. The van der Waals surface area contributed by atoms with Gasteiger partial charge in [-0.15, -0.1) is 0 Å². The molecule has 0 fully saturated rings. The Morgan fingerprint density at radius 3 is 3.00 bits per heavy atom. The number of halogens is 1. The monoisotopic (exact) mass is 273 g/mol. The van der Waals surface area contributed by atoms with Crippen molar-refractivity contribution in [1.82, 2.24) is 15.1 Å². The van der Waals surface area contributed by atoms with Gasteiger partial charge in [-0.25, -0.2) is 4.39 Å². The predicted octanol–water partition coefficient (Wildman–Crippen LogP) is 2.58. The van der Waals surface area contributed by atoms with Crippen molar-refractivity contribution in [3.8, 4) is 0 Å². The zero-order valence-corrected chi connectivity index (χ0v) is 11.3. The zero-order valence-electron chi connectivity index (χ0n) is 11.3. The maximum atomic E-state index is 13.7. The molecular formula is C15H16FN3O. The Morgan fingerprint density at radius 2 is 2.25 bits per heavy atom. The number of hydrogen-bond acceptors (Lipinski definition) is 2. The number of H-pyrrole nitrogens is 1. The molecule has 0 bridgehead atoms. The van der Waals surface area contributed by atoms with E-state index in [0.29, 0.717) is 25.1 Å². The molecule has 0 radical (unpaired) electrons. The SMILES string of the molecule is CC(CC(=O)N1Cc2cn[nH]c2C1)c1ccccc1F. The molecule has 4 nitrogen and oxygen atoms in total. The largest absolute Gasteiger partial charge is 0.332 e. The lowest BCUT2D eigenvalue weighted by Crippen LogP contribution is -2.26. The van der Waals surface area contributed by atoms with Gasteiger partial charge in [0.2, 0.25) is 5.91 Å². The van der Waals surface area contributed by atoms with Gasteiger partial charge in [0.25, 0.3) is 0 Å². The molecule has 1 aliphatic heterocycles. The van der Waals surface area contributed by atoms with Crippen LogP contribution in [0.15, 0.2) is 30.5 Å². The average molecular weight is 273 g/mol. The van der Waals surface area contributed by atoms with Gasteiger partial charge in [-0.3, -0.25) is 9.89 Å². The average Bonchev–Trinajstić information content (AvgIpc) is 2.99. The van der Waals surface area contributed by atoms with Crippen molar-refractivity contribution in [2.45, 2.75) is 32.4 Å². The number of nitrogens with zero attached hydrogens (tertiary/aromatic N) is 2. The number of aromatic nitrogens is 2. The van der Waals surface area contributed by atoms with E-state index in [1.807, 2.05) is 6.92 Å². The van der Waals surface area contributed by atoms with Crippen LogP contribution in [0, 0.1) is 5.82 Å². The predicted molar refractivity (Wildman–Crippen MR) is 72.3 cm³/mol. The summed E-state index contributed by atoms with van der Waals surface area (Å²) in [5.41, 5.74) is 2.66. The van der Waals surface area contributed by atoms with E-state index in [1.54, 1.807) is 29.3 Å². The quantitative estimate of drug-likeness (QED) is 0.934. The van der Waals surface area contributed by atoms with Crippen LogP contribution in [-0.2, 0) is 17.9 Å². The Labute approximate surface area is 116 Å². The topological polar surface area (TPSA) is 49.0 Å². The van der Waals surface area contributed by atoms with Crippen LogP contribution >= 0.6 is 0 Å². The second kappa shape index (κ2) is 5.07. The molecule has 0 saturated carbocycles. The lowest BCUT2D eigenvalue weighted by Gasteiger charge is -2.19. The molecule has 0 saturated heterocycles. The van der Waals surface area contributed by atoms with Crippen molar-refractivity contribution < 1.29 is 9.18 Å². The molecule has 3 rings (SSSR count). The van der Waals surface area contributed by atoms with E-state index in [-0.39, 0.29) is 17.6 Å². The van der Waals surface area contributed by atoms with Gasteiger partial charge in [0, 0.05) is 18.5 Å². The van der Waals surface area contributed by atoms with Crippen molar-refractivity contribution in [2.75, 3.05) is 0 Å². The third-order valence-electron chi connectivity index (χ3n) is 3.79. The highest BCUT2D eigenvalue weighted by atomic mass is 19.1. The van der Waals surface area contributed by atoms with Gasteiger partial charge < -0.3 is 4.90 Å². The van der Waals surface area contributed by atoms with Crippen LogP contribution in [0.2, 0.25) is 0 Å². The van der Waals surface area contributed by atoms with Crippen LogP contribution in [0.5, 0.6) is 0 Å². The molecular weight excluding hydrogens is 257 g/mol. The number of benzene rings is 1. The number of hydrogen-bond donors (Lipinski definition) is 1. The first-order chi connectivity index (χ1) is 9.65. The lowest BCUT2D eigenvalue weighted by atomic mass is 9.96. The van der Waals surface area contributed by atoms with E-state index in [1.165, 1.54) is 6.07 Å². The minimum Gasteiger partial charge on any atom is -0.332 e. The molecule has 2 heterocycles. The Hall–Kier alpha value is -2.17. The Balaban J connectivity index is 1.65. The second-order valence-electron chi connectivity index (χ2n) is 5.25. The van der Waals surface area contributed by atoms with Gasteiger partial charge in [-0.2, -0.15) is 5.10 Å². The van der Waals surface area contributed by atoms with Gasteiger partial charge in [0.05, 0.1) is 18.4 Å². The molecule has 0 aliphatic carbocycles. The molecule has 1 aromatic heterocycles. The van der Waals surface area contributed by atoms with E-state index >= 15 is 0 Å². The fourth-order valence-electron chi connectivity index (χ4n) is 2.62. The number of rotatable bonds is 3. The zero-order chi connectivity index (χ0) is 14.1. The van der Waals surface area contributed by atoms with Gasteiger partial charge in [0.1, 0.15) is 5.82 Å². The van der Waals surface area contributed by atoms with Crippen LogP contribution in [0.4, 0.5) is 4.39 Å². The Kier molecular flexibility index (Phi) is 3.26. The van der Waals surface area contributed by atoms with E-state index in [9.17, 15) is 9.18 Å². The third kappa shape index (κ3) is 2.31.